The van der Waals surface area contributed by atoms with Crippen molar-refractivity contribution in [1.82, 2.24) is 4.98 Å². The van der Waals surface area contributed by atoms with E-state index in [1.54, 1.807) is 26.1 Å². The number of anilines is 1. The van der Waals surface area contributed by atoms with E-state index in [9.17, 15) is 22.8 Å². The van der Waals surface area contributed by atoms with Crippen LogP contribution < -0.4 is 14.4 Å². The predicted molar refractivity (Wildman–Crippen MR) is 130 cm³/mol. The van der Waals surface area contributed by atoms with Crippen LogP contribution in [0.1, 0.15) is 32.8 Å². The zero-order valence-corrected chi connectivity index (χ0v) is 21.5. The third-order valence-electron chi connectivity index (χ3n) is 5.85. The Labute approximate surface area is 218 Å². The summed E-state index contributed by atoms with van der Waals surface area (Å²) in [6, 6.07) is 7.18. The highest BCUT2D eigenvalue weighted by Gasteiger charge is 2.47. The minimum atomic E-state index is -4.75. The fraction of sp³-hybridized carbons (Fsp3) is 0.500. The van der Waals surface area contributed by atoms with Crippen molar-refractivity contribution in [3.8, 4) is 11.5 Å². The number of carbonyl (C=O) groups is 2. The zero-order valence-electron chi connectivity index (χ0n) is 21.5. The van der Waals surface area contributed by atoms with Crippen molar-refractivity contribution in [2.45, 2.75) is 46.3 Å². The van der Waals surface area contributed by atoms with Crippen LogP contribution in [0.15, 0.2) is 42.7 Å². The van der Waals surface area contributed by atoms with E-state index < -0.39 is 29.8 Å². The molecule has 0 radical (unpaired) electrons. The van der Waals surface area contributed by atoms with Gasteiger partial charge >= 0.3 is 18.3 Å². The number of nitrogens with zero attached hydrogens (tertiary/aromatic N) is 2. The van der Waals surface area contributed by atoms with Gasteiger partial charge in [0, 0.05) is 25.6 Å². The van der Waals surface area contributed by atoms with Gasteiger partial charge in [-0.05, 0) is 38.5 Å². The summed E-state index contributed by atoms with van der Waals surface area (Å²) >= 11 is 0. The first-order valence-corrected chi connectivity index (χ1v) is 12.2. The van der Waals surface area contributed by atoms with Crippen molar-refractivity contribution in [1.29, 1.82) is 0 Å². The summed E-state index contributed by atoms with van der Waals surface area (Å²) < 4.78 is 62.8. The second-order valence-electron chi connectivity index (χ2n) is 8.78. The molecular formula is C26H31F3N2O7. The van der Waals surface area contributed by atoms with Crippen molar-refractivity contribution >= 4 is 17.6 Å². The second kappa shape index (κ2) is 12.8. The number of pyridine rings is 1. The van der Waals surface area contributed by atoms with Gasteiger partial charge in [-0.3, -0.25) is 14.6 Å². The molecule has 1 atom stereocenters. The van der Waals surface area contributed by atoms with Gasteiger partial charge in [0.2, 0.25) is 0 Å². The maximum atomic E-state index is 12.6. The molecule has 1 aliphatic heterocycles. The van der Waals surface area contributed by atoms with Crippen molar-refractivity contribution in [2.24, 2.45) is 5.41 Å². The van der Waals surface area contributed by atoms with Crippen LogP contribution in [0, 0.1) is 5.41 Å². The second-order valence-corrected chi connectivity index (χ2v) is 8.78. The quantitative estimate of drug-likeness (QED) is 0.306. The summed E-state index contributed by atoms with van der Waals surface area (Å²) in [7, 11) is 0. The van der Waals surface area contributed by atoms with E-state index in [0.717, 1.165) is 5.69 Å². The van der Waals surface area contributed by atoms with E-state index in [-0.39, 0.29) is 32.0 Å². The number of esters is 2. The Morgan fingerprint density at radius 2 is 1.71 bits per heavy atom. The van der Waals surface area contributed by atoms with Crippen molar-refractivity contribution in [3.05, 3.63) is 48.3 Å². The zero-order chi connectivity index (χ0) is 27.8. The number of aromatic nitrogens is 1. The summed E-state index contributed by atoms with van der Waals surface area (Å²) in [5, 5.41) is 0. The monoisotopic (exact) mass is 540 g/mol. The number of hydrogen-bond acceptors (Lipinski definition) is 9. The lowest BCUT2D eigenvalue weighted by molar-refractivity contribution is -0.274. The maximum absolute atomic E-state index is 12.6. The van der Waals surface area contributed by atoms with Gasteiger partial charge in [0.25, 0.3) is 0 Å². The van der Waals surface area contributed by atoms with Gasteiger partial charge in [-0.15, -0.1) is 13.2 Å². The molecule has 2 heterocycles. The number of alkyl halides is 3. The van der Waals surface area contributed by atoms with Gasteiger partial charge in [-0.25, -0.2) is 0 Å². The first-order chi connectivity index (χ1) is 18.0. The molecule has 3 rings (SSSR count). The highest BCUT2D eigenvalue weighted by molar-refractivity contribution is 5.99. The third kappa shape index (κ3) is 7.98. The highest BCUT2D eigenvalue weighted by atomic mass is 19.4. The minimum absolute atomic E-state index is 0.0822. The molecule has 1 aromatic heterocycles. The lowest BCUT2D eigenvalue weighted by Crippen LogP contribution is -2.48. The number of ether oxygens (including phenoxy) is 5. The van der Waals surface area contributed by atoms with Gasteiger partial charge in [0.05, 0.1) is 44.0 Å². The summed E-state index contributed by atoms with van der Waals surface area (Å²) in [5.74, 6) is -1.17. The van der Waals surface area contributed by atoms with Crippen LogP contribution in [0.5, 0.6) is 11.5 Å². The average Bonchev–Trinajstić information content (AvgIpc) is 2.88. The van der Waals surface area contributed by atoms with Gasteiger partial charge in [0.1, 0.15) is 18.1 Å². The summed E-state index contributed by atoms with van der Waals surface area (Å²) in [6.45, 7) is 6.53. The molecule has 1 fully saturated rings. The minimum Gasteiger partial charge on any atom is -0.487 e. The molecule has 12 heteroatoms. The number of morpholine rings is 1. The smallest absolute Gasteiger partial charge is 0.487 e. The molecule has 208 valence electrons. The van der Waals surface area contributed by atoms with Gasteiger partial charge < -0.3 is 28.6 Å². The lowest BCUT2D eigenvalue weighted by Gasteiger charge is -2.37. The molecule has 0 saturated carbocycles. The molecular weight excluding hydrogens is 509 g/mol. The number of halogens is 3. The van der Waals surface area contributed by atoms with Crippen LogP contribution in [0.4, 0.5) is 18.9 Å². The Hall–Kier alpha value is -3.54. The van der Waals surface area contributed by atoms with Crippen LogP contribution >= 0.6 is 0 Å². The lowest BCUT2D eigenvalue weighted by atomic mass is 9.83. The maximum Gasteiger partial charge on any atom is 0.573 e. The Kier molecular flexibility index (Phi) is 9.78. The Morgan fingerprint density at radius 3 is 2.32 bits per heavy atom. The van der Waals surface area contributed by atoms with Crippen molar-refractivity contribution in [2.75, 3.05) is 37.8 Å². The van der Waals surface area contributed by atoms with E-state index in [4.69, 9.17) is 18.9 Å². The standard InChI is InChI=1S/C26H31F3N2O7/c1-4-34-23(32)25(3,24(33)35-5-2)13-22-16-31(10-11-36-22)19-12-21(15-30-14-19)37-17-18-6-8-20(9-7-18)38-26(27,28)29/h6-9,12,14-15,22H,4-5,10-11,13,16-17H2,1-3H3/t22-/m0/s1. The van der Waals surface area contributed by atoms with E-state index in [2.05, 4.69) is 9.72 Å². The largest absolute Gasteiger partial charge is 0.573 e. The van der Waals surface area contributed by atoms with Gasteiger partial charge in [-0.1, -0.05) is 12.1 Å². The van der Waals surface area contributed by atoms with Crippen molar-refractivity contribution < 1.29 is 46.4 Å². The summed E-state index contributed by atoms with van der Waals surface area (Å²) in [4.78, 5) is 31.5. The molecule has 0 bridgehead atoms. The normalized spacial score (nSPS) is 16.1. The topological polar surface area (TPSA) is 96.4 Å². The Balaban J connectivity index is 1.63. The molecule has 38 heavy (non-hydrogen) atoms. The highest BCUT2D eigenvalue weighted by Crippen LogP contribution is 2.31. The molecule has 1 saturated heterocycles. The number of carbonyl (C=O) groups excluding carboxylic acids is 2. The first-order valence-electron chi connectivity index (χ1n) is 12.2. The molecule has 2 aromatic rings. The van der Waals surface area contributed by atoms with Crippen LogP contribution in [0.3, 0.4) is 0 Å². The summed E-state index contributed by atoms with van der Waals surface area (Å²) in [5.41, 5.74) is -0.115. The van der Waals surface area contributed by atoms with Crippen LogP contribution in [-0.4, -0.2) is 62.3 Å². The molecule has 9 nitrogen and oxygen atoms in total. The van der Waals surface area contributed by atoms with E-state index >= 15 is 0 Å². The average molecular weight is 541 g/mol. The fourth-order valence-corrected chi connectivity index (χ4v) is 3.98. The molecule has 0 spiro atoms. The molecule has 0 N–H and O–H groups in total. The summed E-state index contributed by atoms with van der Waals surface area (Å²) in [6.07, 6.45) is -1.93. The first kappa shape index (κ1) is 29.0. The number of rotatable bonds is 11. The third-order valence-corrected chi connectivity index (χ3v) is 5.85. The van der Waals surface area contributed by atoms with E-state index in [0.29, 0.717) is 31.0 Å². The predicted octanol–water partition coefficient (Wildman–Crippen LogP) is 4.29. The van der Waals surface area contributed by atoms with Crippen molar-refractivity contribution in [3.63, 3.8) is 0 Å². The Morgan fingerprint density at radius 1 is 1.05 bits per heavy atom. The molecule has 0 unspecified atom stereocenters. The SMILES string of the molecule is CCOC(=O)C(C)(C[C@H]1CN(c2cncc(OCc3ccc(OC(F)(F)F)cc3)c2)CCO1)C(=O)OCC. The van der Waals surface area contributed by atoms with Crippen LogP contribution in [0.2, 0.25) is 0 Å². The molecule has 1 aliphatic rings. The van der Waals surface area contributed by atoms with Crippen LogP contribution in [-0.2, 0) is 30.4 Å². The number of hydrogen-bond donors (Lipinski definition) is 0. The van der Waals surface area contributed by atoms with Crippen LogP contribution in [0.25, 0.3) is 0 Å². The van der Waals surface area contributed by atoms with Gasteiger partial charge in [0.15, 0.2) is 5.41 Å². The van der Waals surface area contributed by atoms with E-state index in [1.165, 1.54) is 37.4 Å². The van der Waals surface area contributed by atoms with Gasteiger partial charge in [-0.2, -0.15) is 0 Å². The Bertz CT molecular complexity index is 1060. The van der Waals surface area contributed by atoms with E-state index in [1.807, 2.05) is 4.90 Å². The fourth-order valence-electron chi connectivity index (χ4n) is 3.98. The molecule has 0 amide bonds. The molecule has 1 aromatic carbocycles. The number of benzene rings is 1. The molecule has 0 aliphatic carbocycles.